The maximum absolute atomic E-state index is 12.3. The van der Waals surface area contributed by atoms with Crippen molar-refractivity contribution in [1.82, 2.24) is 4.90 Å². The Morgan fingerprint density at radius 1 is 1.04 bits per heavy atom. The van der Waals surface area contributed by atoms with Gasteiger partial charge < -0.3 is 21.9 Å². The minimum atomic E-state index is 0. The second-order valence-corrected chi connectivity index (χ2v) is 6.27. The van der Waals surface area contributed by atoms with Gasteiger partial charge >= 0.3 is 0 Å². The first kappa shape index (κ1) is 19.7. The Kier molecular flexibility index (Phi) is 7.75. The molecule has 23 heavy (non-hydrogen) atoms. The second kappa shape index (κ2) is 9.05. The standard InChI is InChI=1S/C17H18BrN2O2.BrH/c1-19(2)11-16(21)14-4-3-9-20(10-14)12-17(22)13-5-7-15(18)8-6-13;/h3-10H,11-12H2,1-2H3;1H/q+1;/p-1. The molecule has 0 atom stereocenters. The Morgan fingerprint density at radius 2 is 1.70 bits per heavy atom. The zero-order valence-corrected chi connectivity index (χ0v) is 16.2. The van der Waals surface area contributed by atoms with Crippen molar-refractivity contribution in [3.05, 3.63) is 64.4 Å². The number of nitrogens with zero attached hydrogens (tertiary/aromatic N) is 2. The minimum Gasteiger partial charge on any atom is -1.00 e. The van der Waals surface area contributed by atoms with Crippen LogP contribution in [0.15, 0.2) is 53.3 Å². The number of halogens is 2. The van der Waals surface area contributed by atoms with Gasteiger partial charge in [0, 0.05) is 16.1 Å². The average Bonchev–Trinajstić information content (AvgIpc) is 2.47. The topological polar surface area (TPSA) is 41.3 Å². The number of carbonyl (C=O) groups is 2. The van der Waals surface area contributed by atoms with Crippen LogP contribution in [0.2, 0.25) is 0 Å². The van der Waals surface area contributed by atoms with Crippen molar-refractivity contribution in [3.8, 4) is 0 Å². The molecule has 0 saturated carbocycles. The van der Waals surface area contributed by atoms with E-state index >= 15 is 0 Å². The lowest BCUT2D eigenvalue weighted by Gasteiger charge is -2.07. The summed E-state index contributed by atoms with van der Waals surface area (Å²) in [4.78, 5) is 26.1. The average molecular weight is 442 g/mol. The molecule has 2 rings (SSSR count). The van der Waals surface area contributed by atoms with Gasteiger partial charge in [-0.2, -0.15) is 4.57 Å². The molecule has 0 bridgehead atoms. The number of hydrogen-bond donors (Lipinski definition) is 0. The van der Waals surface area contributed by atoms with Gasteiger partial charge in [-0.15, -0.1) is 0 Å². The van der Waals surface area contributed by atoms with Gasteiger partial charge in [0.15, 0.2) is 18.2 Å². The van der Waals surface area contributed by atoms with E-state index in [-0.39, 0.29) is 35.1 Å². The fourth-order valence-corrected chi connectivity index (χ4v) is 2.32. The molecule has 0 unspecified atom stereocenters. The number of likely N-dealkylation sites (N-methyl/N-ethyl adjacent to an activating group) is 1. The molecule has 1 aromatic heterocycles. The van der Waals surface area contributed by atoms with E-state index in [2.05, 4.69) is 15.9 Å². The lowest BCUT2D eigenvalue weighted by molar-refractivity contribution is -0.683. The molecule has 122 valence electrons. The first-order chi connectivity index (χ1) is 10.5. The number of aromatic nitrogens is 1. The first-order valence-corrected chi connectivity index (χ1v) is 7.71. The fraction of sp³-hybridized carbons (Fsp3) is 0.235. The summed E-state index contributed by atoms with van der Waals surface area (Å²) in [6.07, 6.45) is 3.52. The van der Waals surface area contributed by atoms with Crippen molar-refractivity contribution in [2.45, 2.75) is 6.54 Å². The lowest BCUT2D eigenvalue weighted by atomic mass is 10.1. The number of hydrogen-bond acceptors (Lipinski definition) is 3. The van der Waals surface area contributed by atoms with Crippen molar-refractivity contribution in [2.75, 3.05) is 20.6 Å². The molecule has 0 aliphatic carbocycles. The third kappa shape index (κ3) is 5.97. The molecule has 0 fully saturated rings. The molecule has 2 aromatic rings. The van der Waals surface area contributed by atoms with Crippen LogP contribution >= 0.6 is 15.9 Å². The summed E-state index contributed by atoms with van der Waals surface area (Å²) in [6, 6.07) is 10.8. The van der Waals surface area contributed by atoms with E-state index < -0.39 is 0 Å². The Morgan fingerprint density at radius 3 is 2.30 bits per heavy atom. The van der Waals surface area contributed by atoms with Gasteiger partial charge in [0.2, 0.25) is 12.3 Å². The molecular formula is C17H18Br2N2O2. The van der Waals surface area contributed by atoms with E-state index in [9.17, 15) is 9.59 Å². The highest BCUT2D eigenvalue weighted by molar-refractivity contribution is 9.10. The second-order valence-electron chi connectivity index (χ2n) is 5.36. The summed E-state index contributed by atoms with van der Waals surface area (Å²) in [5.41, 5.74) is 1.26. The van der Waals surface area contributed by atoms with E-state index in [1.54, 1.807) is 41.2 Å². The van der Waals surface area contributed by atoms with Gasteiger partial charge in [0.05, 0.1) is 12.1 Å². The Hall–Kier alpha value is -1.37. The number of Topliss-reactive ketones (excluding diaryl/α,β-unsaturated/α-hetero) is 2. The summed E-state index contributed by atoms with van der Waals surface area (Å²) >= 11 is 3.35. The third-order valence-electron chi connectivity index (χ3n) is 3.13. The monoisotopic (exact) mass is 440 g/mol. The SMILES string of the molecule is CN(C)CC(=O)c1ccc[n+](CC(=O)c2ccc(Br)cc2)c1.[Br-]. The Balaban J connectivity index is 0.00000264. The Labute approximate surface area is 155 Å². The molecule has 0 aliphatic rings. The van der Waals surface area contributed by atoms with Crippen LogP contribution in [0.4, 0.5) is 0 Å². The zero-order chi connectivity index (χ0) is 16.1. The molecule has 0 N–H and O–H groups in total. The molecule has 4 nitrogen and oxygen atoms in total. The van der Waals surface area contributed by atoms with E-state index in [1.165, 1.54) is 0 Å². The lowest BCUT2D eigenvalue weighted by Crippen LogP contribution is -3.00. The van der Waals surface area contributed by atoms with E-state index in [0.29, 0.717) is 17.7 Å². The summed E-state index contributed by atoms with van der Waals surface area (Å²) in [5.74, 6) is 0.0464. The highest BCUT2D eigenvalue weighted by atomic mass is 79.9. The van der Waals surface area contributed by atoms with Gasteiger partial charge in [-0.25, -0.2) is 0 Å². The maximum atomic E-state index is 12.3. The number of carbonyl (C=O) groups excluding carboxylic acids is 2. The van der Waals surface area contributed by atoms with Gasteiger partial charge in [0.25, 0.3) is 0 Å². The summed E-state index contributed by atoms with van der Waals surface area (Å²) in [6.45, 7) is 0.565. The largest absolute Gasteiger partial charge is 1.00 e. The summed E-state index contributed by atoms with van der Waals surface area (Å²) in [7, 11) is 3.71. The van der Waals surface area contributed by atoms with Crippen molar-refractivity contribution < 1.29 is 31.1 Å². The van der Waals surface area contributed by atoms with Gasteiger partial charge in [-0.1, -0.05) is 28.1 Å². The predicted octanol–water partition coefficient (Wildman–Crippen LogP) is -0.632. The van der Waals surface area contributed by atoms with Gasteiger partial charge in [-0.3, -0.25) is 9.59 Å². The van der Waals surface area contributed by atoms with Crippen molar-refractivity contribution in [2.24, 2.45) is 0 Å². The normalized spacial score (nSPS) is 10.3. The number of benzene rings is 1. The zero-order valence-electron chi connectivity index (χ0n) is 13.0. The van der Waals surface area contributed by atoms with E-state index in [0.717, 1.165) is 4.47 Å². The molecule has 0 radical (unpaired) electrons. The predicted molar refractivity (Wildman–Crippen MR) is 88.0 cm³/mol. The molecule has 1 heterocycles. The van der Waals surface area contributed by atoms with Crippen LogP contribution in [-0.4, -0.2) is 37.1 Å². The van der Waals surface area contributed by atoms with Crippen LogP contribution in [0.3, 0.4) is 0 Å². The first-order valence-electron chi connectivity index (χ1n) is 6.91. The number of pyridine rings is 1. The smallest absolute Gasteiger partial charge is 0.227 e. The Bertz CT molecular complexity index is 685. The van der Waals surface area contributed by atoms with E-state index in [4.69, 9.17) is 0 Å². The number of rotatable bonds is 6. The highest BCUT2D eigenvalue weighted by Gasteiger charge is 2.15. The van der Waals surface area contributed by atoms with Crippen LogP contribution in [0.1, 0.15) is 20.7 Å². The van der Waals surface area contributed by atoms with Gasteiger partial charge in [-0.05, 0) is 32.3 Å². The van der Waals surface area contributed by atoms with Crippen molar-refractivity contribution >= 4 is 27.5 Å². The van der Waals surface area contributed by atoms with Crippen LogP contribution in [0.25, 0.3) is 0 Å². The van der Waals surface area contributed by atoms with Crippen LogP contribution in [0, 0.1) is 0 Å². The van der Waals surface area contributed by atoms with Crippen LogP contribution in [0.5, 0.6) is 0 Å². The fourth-order valence-electron chi connectivity index (χ4n) is 2.06. The molecule has 0 amide bonds. The highest BCUT2D eigenvalue weighted by Crippen LogP contribution is 2.11. The van der Waals surface area contributed by atoms with Crippen molar-refractivity contribution in [3.63, 3.8) is 0 Å². The van der Waals surface area contributed by atoms with Crippen molar-refractivity contribution in [1.29, 1.82) is 0 Å². The molecular weight excluding hydrogens is 424 g/mol. The minimum absolute atomic E-state index is 0. The maximum Gasteiger partial charge on any atom is 0.227 e. The van der Waals surface area contributed by atoms with Gasteiger partial charge in [0.1, 0.15) is 0 Å². The van der Waals surface area contributed by atoms with Crippen LogP contribution in [-0.2, 0) is 6.54 Å². The summed E-state index contributed by atoms with van der Waals surface area (Å²) < 4.78 is 2.68. The molecule has 0 spiro atoms. The molecule has 6 heteroatoms. The molecule has 0 saturated heterocycles. The quantitative estimate of drug-likeness (QED) is 0.442. The summed E-state index contributed by atoms with van der Waals surface area (Å²) in [5, 5.41) is 0. The van der Waals surface area contributed by atoms with E-state index in [1.807, 2.05) is 31.1 Å². The van der Waals surface area contributed by atoms with Crippen LogP contribution < -0.4 is 21.5 Å². The number of ketones is 2. The molecule has 0 aliphatic heterocycles. The molecule has 1 aromatic carbocycles. The third-order valence-corrected chi connectivity index (χ3v) is 3.66.